The zero-order valence-corrected chi connectivity index (χ0v) is 13.0. The molecule has 2 amide bonds. The van der Waals surface area contributed by atoms with Gasteiger partial charge in [-0.1, -0.05) is 42.5 Å². The van der Waals surface area contributed by atoms with Gasteiger partial charge in [0.05, 0.1) is 6.61 Å². The van der Waals surface area contributed by atoms with Crippen molar-refractivity contribution in [3.8, 4) is 11.1 Å². The Labute approximate surface area is 135 Å². The summed E-state index contributed by atoms with van der Waals surface area (Å²) >= 11 is 0. The van der Waals surface area contributed by atoms with Gasteiger partial charge in [-0.05, 0) is 30.2 Å². The van der Waals surface area contributed by atoms with Gasteiger partial charge in [0.1, 0.15) is 0 Å². The second-order valence-electron chi connectivity index (χ2n) is 4.85. The lowest BCUT2D eigenvalue weighted by Gasteiger charge is -2.08. The Morgan fingerprint density at radius 3 is 2.13 bits per heavy atom. The SMILES string of the molecule is CCOC(=O)NCCNC(=O)c1ccc(-c2ccccc2)cc1. The summed E-state index contributed by atoms with van der Waals surface area (Å²) in [6.07, 6.45) is -0.478. The molecule has 2 aromatic carbocycles. The highest BCUT2D eigenvalue weighted by Crippen LogP contribution is 2.19. The number of rotatable bonds is 6. The van der Waals surface area contributed by atoms with Gasteiger partial charge in [-0.25, -0.2) is 4.79 Å². The number of nitrogens with one attached hydrogen (secondary N) is 2. The van der Waals surface area contributed by atoms with Crippen molar-refractivity contribution in [2.75, 3.05) is 19.7 Å². The molecule has 0 unspecified atom stereocenters. The van der Waals surface area contributed by atoms with E-state index in [0.717, 1.165) is 11.1 Å². The molecule has 120 valence electrons. The summed E-state index contributed by atoms with van der Waals surface area (Å²) in [4.78, 5) is 23.1. The molecule has 0 radical (unpaired) electrons. The molecule has 0 aliphatic heterocycles. The number of carbonyl (C=O) groups excluding carboxylic acids is 2. The molecule has 0 atom stereocenters. The third-order valence-electron chi connectivity index (χ3n) is 3.21. The molecular weight excluding hydrogens is 292 g/mol. The van der Waals surface area contributed by atoms with E-state index in [1.165, 1.54) is 0 Å². The maximum absolute atomic E-state index is 12.0. The molecule has 0 spiro atoms. The van der Waals surface area contributed by atoms with Gasteiger partial charge in [0, 0.05) is 18.7 Å². The molecule has 5 heteroatoms. The minimum Gasteiger partial charge on any atom is -0.450 e. The van der Waals surface area contributed by atoms with Gasteiger partial charge >= 0.3 is 6.09 Å². The Balaban J connectivity index is 1.82. The van der Waals surface area contributed by atoms with Crippen LogP contribution in [0.25, 0.3) is 11.1 Å². The summed E-state index contributed by atoms with van der Waals surface area (Å²) in [5.74, 6) is -0.171. The molecule has 5 nitrogen and oxygen atoms in total. The number of hydrogen-bond donors (Lipinski definition) is 2. The van der Waals surface area contributed by atoms with E-state index in [9.17, 15) is 9.59 Å². The molecule has 0 saturated carbocycles. The fourth-order valence-electron chi connectivity index (χ4n) is 2.07. The normalized spacial score (nSPS) is 9.96. The van der Waals surface area contributed by atoms with Gasteiger partial charge in [-0.3, -0.25) is 4.79 Å². The standard InChI is InChI=1S/C18H20N2O3/c1-2-23-18(22)20-13-12-19-17(21)16-10-8-15(9-11-16)14-6-4-3-5-7-14/h3-11H,2,12-13H2,1H3,(H,19,21)(H,20,22). The van der Waals surface area contributed by atoms with Crippen LogP contribution in [0.4, 0.5) is 4.79 Å². The second kappa shape index (κ2) is 8.58. The smallest absolute Gasteiger partial charge is 0.407 e. The van der Waals surface area contributed by atoms with Crippen LogP contribution >= 0.6 is 0 Å². The molecule has 0 saturated heterocycles. The first-order valence-electron chi connectivity index (χ1n) is 7.55. The maximum atomic E-state index is 12.0. The van der Waals surface area contributed by atoms with Crippen molar-refractivity contribution in [2.24, 2.45) is 0 Å². The lowest BCUT2D eigenvalue weighted by molar-refractivity contribution is 0.0952. The van der Waals surface area contributed by atoms with Crippen LogP contribution < -0.4 is 10.6 Å². The highest BCUT2D eigenvalue weighted by molar-refractivity contribution is 5.94. The summed E-state index contributed by atoms with van der Waals surface area (Å²) in [6.45, 7) is 2.73. The summed E-state index contributed by atoms with van der Waals surface area (Å²) < 4.78 is 4.73. The number of alkyl carbamates (subject to hydrolysis) is 1. The number of benzene rings is 2. The molecule has 2 aromatic rings. The van der Waals surface area contributed by atoms with Gasteiger partial charge in [0.2, 0.25) is 0 Å². The fraction of sp³-hybridized carbons (Fsp3) is 0.222. The molecule has 0 fully saturated rings. The molecule has 0 heterocycles. The lowest BCUT2D eigenvalue weighted by atomic mass is 10.0. The minimum absolute atomic E-state index is 0.171. The second-order valence-corrected chi connectivity index (χ2v) is 4.85. The van der Waals surface area contributed by atoms with E-state index in [2.05, 4.69) is 10.6 Å². The van der Waals surface area contributed by atoms with Crippen molar-refractivity contribution in [1.82, 2.24) is 10.6 Å². The number of carbonyl (C=O) groups is 2. The molecule has 23 heavy (non-hydrogen) atoms. The first-order chi connectivity index (χ1) is 11.2. The average molecular weight is 312 g/mol. The summed E-state index contributed by atoms with van der Waals surface area (Å²) in [7, 11) is 0. The largest absolute Gasteiger partial charge is 0.450 e. The Kier molecular flexibility index (Phi) is 6.17. The molecule has 2 N–H and O–H groups in total. The van der Waals surface area contributed by atoms with Crippen LogP contribution in [0.1, 0.15) is 17.3 Å². The third-order valence-corrected chi connectivity index (χ3v) is 3.21. The van der Waals surface area contributed by atoms with Gasteiger partial charge in [0.15, 0.2) is 0 Å². The zero-order valence-electron chi connectivity index (χ0n) is 13.0. The number of hydrogen-bond acceptors (Lipinski definition) is 3. The molecule has 0 aliphatic carbocycles. The minimum atomic E-state index is -0.478. The summed E-state index contributed by atoms with van der Waals surface area (Å²) in [6, 6.07) is 17.4. The van der Waals surface area contributed by atoms with Crippen LogP contribution in [-0.2, 0) is 4.74 Å². The van der Waals surface area contributed by atoms with Crippen LogP contribution in [0.2, 0.25) is 0 Å². The average Bonchev–Trinajstić information content (AvgIpc) is 2.60. The molecular formula is C18H20N2O3. The van der Waals surface area contributed by atoms with E-state index in [1.54, 1.807) is 19.1 Å². The summed E-state index contributed by atoms with van der Waals surface area (Å²) in [5, 5.41) is 5.29. The quantitative estimate of drug-likeness (QED) is 0.806. The monoisotopic (exact) mass is 312 g/mol. The molecule has 0 aliphatic rings. The Bertz CT molecular complexity index is 639. The summed E-state index contributed by atoms with van der Waals surface area (Å²) in [5.41, 5.74) is 2.75. The van der Waals surface area contributed by atoms with Crippen molar-refractivity contribution in [2.45, 2.75) is 6.92 Å². The predicted octanol–water partition coefficient (Wildman–Crippen LogP) is 2.83. The molecule has 2 rings (SSSR count). The van der Waals surface area contributed by atoms with Crippen LogP contribution in [-0.4, -0.2) is 31.7 Å². The van der Waals surface area contributed by atoms with E-state index >= 15 is 0 Å². The van der Waals surface area contributed by atoms with Crippen LogP contribution in [0.5, 0.6) is 0 Å². The van der Waals surface area contributed by atoms with Crippen molar-refractivity contribution in [3.05, 3.63) is 60.2 Å². The number of amides is 2. The van der Waals surface area contributed by atoms with Crippen molar-refractivity contribution < 1.29 is 14.3 Å². The van der Waals surface area contributed by atoms with Gasteiger partial charge < -0.3 is 15.4 Å². The van der Waals surface area contributed by atoms with Crippen molar-refractivity contribution in [3.63, 3.8) is 0 Å². The Hall–Kier alpha value is -2.82. The van der Waals surface area contributed by atoms with E-state index in [-0.39, 0.29) is 5.91 Å². The maximum Gasteiger partial charge on any atom is 0.407 e. The third kappa shape index (κ3) is 5.14. The van der Waals surface area contributed by atoms with E-state index in [1.807, 2.05) is 42.5 Å². The van der Waals surface area contributed by atoms with Gasteiger partial charge in [-0.15, -0.1) is 0 Å². The van der Waals surface area contributed by atoms with Crippen LogP contribution in [0.15, 0.2) is 54.6 Å². The first kappa shape index (κ1) is 16.5. The zero-order chi connectivity index (χ0) is 16.5. The first-order valence-corrected chi connectivity index (χ1v) is 7.55. The molecule has 0 aromatic heterocycles. The lowest BCUT2D eigenvalue weighted by Crippen LogP contribution is -2.34. The van der Waals surface area contributed by atoms with E-state index in [0.29, 0.717) is 25.3 Å². The van der Waals surface area contributed by atoms with Crippen molar-refractivity contribution >= 4 is 12.0 Å². The van der Waals surface area contributed by atoms with Crippen molar-refractivity contribution in [1.29, 1.82) is 0 Å². The van der Waals surface area contributed by atoms with Gasteiger partial charge in [-0.2, -0.15) is 0 Å². The molecule has 0 bridgehead atoms. The highest BCUT2D eigenvalue weighted by atomic mass is 16.5. The van der Waals surface area contributed by atoms with Crippen LogP contribution in [0.3, 0.4) is 0 Å². The predicted molar refractivity (Wildman–Crippen MR) is 89.2 cm³/mol. The fourth-order valence-corrected chi connectivity index (χ4v) is 2.07. The number of ether oxygens (including phenoxy) is 1. The van der Waals surface area contributed by atoms with Crippen LogP contribution in [0, 0.1) is 0 Å². The van der Waals surface area contributed by atoms with Gasteiger partial charge in [0.25, 0.3) is 5.91 Å². The Morgan fingerprint density at radius 2 is 1.48 bits per heavy atom. The van der Waals surface area contributed by atoms with E-state index < -0.39 is 6.09 Å². The van der Waals surface area contributed by atoms with E-state index in [4.69, 9.17) is 4.74 Å². The topological polar surface area (TPSA) is 67.4 Å². The highest BCUT2D eigenvalue weighted by Gasteiger charge is 2.06. The Morgan fingerprint density at radius 1 is 0.870 bits per heavy atom.